The van der Waals surface area contributed by atoms with Crippen molar-refractivity contribution in [1.82, 2.24) is 14.8 Å². The van der Waals surface area contributed by atoms with Crippen LogP contribution in [0.25, 0.3) is 0 Å². The van der Waals surface area contributed by atoms with E-state index >= 15 is 0 Å². The van der Waals surface area contributed by atoms with Crippen molar-refractivity contribution in [1.29, 1.82) is 0 Å². The maximum absolute atomic E-state index is 11.3. The van der Waals surface area contributed by atoms with Gasteiger partial charge in [0.2, 0.25) is 0 Å². The maximum Gasteiger partial charge on any atom is 0.326 e. The normalized spacial score (nSPS) is 10.2. The number of carboxylic acid groups (broad SMARTS) is 1. The quantitative estimate of drug-likeness (QED) is 0.581. The fourth-order valence-electron chi connectivity index (χ4n) is 1.11. The molecule has 0 spiro atoms. The number of hydrogen-bond acceptors (Lipinski definition) is 6. The zero-order chi connectivity index (χ0) is 12.8. The molecule has 0 aromatic carbocycles. The van der Waals surface area contributed by atoms with Gasteiger partial charge in [-0.05, 0) is 13.8 Å². The molecule has 0 amide bonds. The van der Waals surface area contributed by atoms with Crippen LogP contribution in [0.2, 0.25) is 0 Å². The first-order valence-electron chi connectivity index (χ1n) is 4.94. The standard InChI is InChI=1S/C9H13N3O4S/c1-3-16-8(15)4-12-6(2)10-11-9(12)17-5-7(13)14/h3-5H2,1-2H3,(H,13,14). The Morgan fingerprint density at radius 1 is 1.47 bits per heavy atom. The van der Waals surface area contributed by atoms with Crippen LogP contribution < -0.4 is 0 Å². The largest absolute Gasteiger partial charge is 0.481 e. The summed E-state index contributed by atoms with van der Waals surface area (Å²) >= 11 is 1.02. The monoisotopic (exact) mass is 259 g/mol. The summed E-state index contributed by atoms with van der Waals surface area (Å²) in [5.74, 6) is -0.919. The molecule has 1 aromatic heterocycles. The number of aliphatic carboxylic acids is 1. The highest BCUT2D eigenvalue weighted by molar-refractivity contribution is 7.99. The zero-order valence-electron chi connectivity index (χ0n) is 9.54. The molecule has 0 aliphatic carbocycles. The van der Waals surface area contributed by atoms with Crippen LogP contribution >= 0.6 is 11.8 Å². The maximum atomic E-state index is 11.3. The van der Waals surface area contributed by atoms with Gasteiger partial charge >= 0.3 is 11.9 Å². The molecule has 0 aliphatic heterocycles. The summed E-state index contributed by atoms with van der Waals surface area (Å²) in [7, 11) is 0. The van der Waals surface area contributed by atoms with E-state index in [1.807, 2.05) is 0 Å². The number of carboxylic acids is 1. The van der Waals surface area contributed by atoms with E-state index in [9.17, 15) is 9.59 Å². The molecule has 1 aromatic rings. The van der Waals surface area contributed by atoms with Crippen LogP contribution in [0.3, 0.4) is 0 Å². The molecule has 94 valence electrons. The second kappa shape index (κ2) is 6.24. The second-order valence-corrected chi connectivity index (χ2v) is 4.05. The Kier molecular flexibility index (Phi) is 4.95. The van der Waals surface area contributed by atoms with E-state index in [1.54, 1.807) is 13.8 Å². The van der Waals surface area contributed by atoms with E-state index in [2.05, 4.69) is 10.2 Å². The van der Waals surface area contributed by atoms with Crippen molar-refractivity contribution in [3.8, 4) is 0 Å². The molecular formula is C9H13N3O4S. The van der Waals surface area contributed by atoms with Gasteiger partial charge in [-0.15, -0.1) is 10.2 Å². The van der Waals surface area contributed by atoms with Crippen LogP contribution in [0.4, 0.5) is 0 Å². The van der Waals surface area contributed by atoms with Crippen molar-refractivity contribution in [2.24, 2.45) is 0 Å². The first-order chi connectivity index (χ1) is 8.04. The van der Waals surface area contributed by atoms with Gasteiger partial charge in [-0.1, -0.05) is 11.8 Å². The number of hydrogen-bond donors (Lipinski definition) is 1. The summed E-state index contributed by atoms with van der Waals surface area (Å²) in [6, 6.07) is 0. The first kappa shape index (κ1) is 13.5. The van der Waals surface area contributed by atoms with Crippen LogP contribution in [-0.2, 0) is 20.9 Å². The molecule has 1 N–H and O–H groups in total. The lowest BCUT2D eigenvalue weighted by molar-refractivity contribution is -0.144. The average molecular weight is 259 g/mol. The van der Waals surface area contributed by atoms with Crippen molar-refractivity contribution in [2.45, 2.75) is 25.5 Å². The number of ether oxygens (including phenoxy) is 1. The second-order valence-electron chi connectivity index (χ2n) is 3.10. The lowest BCUT2D eigenvalue weighted by atomic mass is 10.6. The Hall–Kier alpha value is -1.57. The predicted molar refractivity (Wildman–Crippen MR) is 59.8 cm³/mol. The summed E-state index contributed by atoms with van der Waals surface area (Å²) in [6.45, 7) is 3.71. The molecular weight excluding hydrogens is 246 g/mol. The van der Waals surface area contributed by atoms with Crippen molar-refractivity contribution in [3.05, 3.63) is 5.82 Å². The third kappa shape index (κ3) is 4.06. The Morgan fingerprint density at radius 3 is 2.76 bits per heavy atom. The molecule has 0 saturated heterocycles. The molecule has 0 bridgehead atoms. The van der Waals surface area contributed by atoms with Crippen molar-refractivity contribution in [3.63, 3.8) is 0 Å². The van der Waals surface area contributed by atoms with E-state index in [0.717, 1.165) is 11.8 Å². The van der Waals surface area contributed by atoms with Crippen LogP contribution in [0.5, 0.6) is 0 Å². The smallest absolute Gasteiger partial charge is 0.326 e. The molecule has 0 aliphatic rings. The minimum atomic E-state index is -0.946. The van der Waals surface area contributed by atoms with Gasteiger partial charge < -0.3 is 9.84 Å². The fourth-order valence-corrected chi connectivity index (χ4v) is 1.82. The molecule has 8 heteroatoms. The Bertz CT molecular complexity index is 418. The highest BCUT2D eigenvalue weighted by atomic mass is 32.2. The van der Waals surface area contributed by atoms with Crippen molar-refractivity contribution < 1.29 is 19.4 Å². The van der Waals surface area contributed by atoms with Crippen molar-refractivity contribution in [2.75, 3.05) is 12.4 Å². The number of aromatic nitrogens is 3. The number of thioether (sulfide) groups is 1. The molecule has 1 heterocycles. The number of rotatable bonds is 6. The lowest BCUT2D eigenvalue weighted by Crippen LogP contribution is -2.15. The van der Waals surface area contributed by atoms with Crippen LogP contribution in [0, 0.1) is 6.92 Å². The molecule has 1 rings (SSSR count). The molecule has 0 radical (unpaired) electrons. The van der Waals surface area contributed by atoms with Gasteiger partial charge in [0.05, 0.1) is 12.4 Å². The molecule has 0 unspecified atom stereocenters. The van der Waals surface area contributed by atoms with Gasteiger partial charge in [-0.3, -0.25) is 14.2 Å². The van der Waals surface area contributed by atoms with Crippen LogP contribution in [-0.4, -0.2) is 44.2 Å². The van der Waals surface area contributed by atoms with E-state index in [1.165, 1.54) is 4.57 Å². The zero-order valence-corrected chi connectivity index (χ0v) is 10.4. The third-order valence-electron chi connectivity index (χ3n) is 1.82. The number of aryl methyl sites for hydroxylation is 1. The van der Waals surface area contributed by atoms with Gasteiger partial charge in [0.15, 0.2) is 5.16 Å². The SMILES string of the molecule is CCOC(=O)Cn1c(C)nnc1SCC(=O)O. The highest BCUT2D eigenvalue weighted by Crippen LogP contribution is 2.16. The Labute approximate surface area is 102 Å². The summed E-state index contributed by atoms with van der Waals surface area (Å²) in [5, 5.41) is 16.6. The van der Waals surface area contributed by atoms with Gasteiger partial charge in [0, 0.05) is 0 Å². The molecule has 0 saturated carbocycles. The van der Waals surface area contributed by atoms with E-state index in [4.69, 9.17) is 9.84 Å². The summed E-state index contributed by atoms with van der Waals surface area (Å²) < 4.78 is 6.34. The Balaban J connectivity index is 2.72. The molecule has 17 heavy (non-hydrogen) atoms. The summed E-state index contributed by atoms with van der Waals surface area (Å²) in [4.78, 5) is 21.8. The molecule has 0 fully saturated rings. The average Bonchev–Trinajstić information content (AvgIpc) is 2.58. The minimum absolute atomic E-state index is 0.00533. The number of nitrogens with zero attached hydrogens (tertiary/aromatic N) is 3. The highest BCUT2D eigenvalue weighted by Gasteiger charge is 2.14. The van der Waals surface area contributed by atoms with E-state index in [-0.39, 0.29) is 12.3 Å². The summed E-state index contributed by atoms with van der Waals surface area (Å²) in [6.07, 6.45) is 0. The van der Waals surface area contributed by atoms with Gasteiger partial charge in [-0.2, -0.15) is 0 Å². The number of esters is 1. The summed E-state index contributed by atoms with van der Waals surface area (Å²) in [5.41, 5.74) is 0. The lowest BCUT2D eigenvalue weighted by Gasteiger charge is -2.06. The number of carbonyl (C=O) groups excluding carboxylic acids is 1. The molecule has 7 nitrogen and oxygen atoms in total. The number of carbonyl (C=O) groups is 2. The first-order valence-corrected chi connectivity index (χ1v) is 5.93. The van der Waals surface area contributed by atoms with E-state index in [0.29, 0.717) is 17.6 Å². The third-order valence-corrected chi connectivity index (χ3v) is 2.77. The fraction of sp³-hybridized carbons (Fsp3) is 0.556. The van der Waals surface area contributed by atoms with Gasteiger partial charge in [0.25, 0.3) is 0 Å². The predicted octanol–water partition coefficient (Wildman–Crippen LogP) is 0.326. The molecule has 0 atom stereocenters. The van der Waals surface area contributed by atoms with Crippen LogP contribution in [0.1, 0.15) is 12.7 Å². The van der Waals surface area contributed by atoms with Gasteiger partial charge in [0.1, 0.15) is 12.4 Å². The van der Waals surface area contributed by atoms with E-state index < -0.39 is 11.9 Å². The van der Waals surface area contributed by atoms with Gasteiger partial charge in [-0.25, -0.2) is 0 Å². The topological polar surface area (TPSA) is 94.3 Å². The Morgan fingerprint density at radius 2 is 2.18 bits per heavy atom. The minimum Gasteiger partial charge on any atom is -0.481 e. The van der Waals surface area contributed by atoms with Crippen molar-refractivity contribution >= 4 is 23.7 Å². The van der Waals surface area contributed by atoms with Crippen LogP contribution in [0.15, 0.2) is 5.16 Å².